The van der Waals surface area contributed by atoms with Crippen molar-refractivity contribution in [1.29, 1.82) is 0 Å². The highest BCUT2D eigenvalue weighted by Gasteiger charge is 2.19. The van der Waals surface area contributed by atoms with Crippen LogP contribution in [0.15, 0.2) is 17.8 Å². The van der Waals surface area contributed by atoms with Crippen LogP contribution >= 0.6 is 0 Å². The summed E-state index contributed by atoms with van der Waals surface area (Å²) >= 11 is 0. The Morgan fingerprint density at radius 3 is 2.71 bits per heavy atom. The van der Waals surface area contributed by atoms with Crippen molar-refractivity contribution in [3.63, 3.8) is 0 Å². The molecule has 2 aliphatic carbocycles. The van der Waals surface area contributed by atoms with E-state index in [0.29, 0.717) is 12.1 Å². The van der Waals surface area contributed by atoms with Gasteiger partial charge in [-0.05, 0) is 37.8 Å². The normalized spacial score (nSPS) is 25.7. The molecular weight excluding hydrogens is 210 g/mol. The Morgan fingerprint density at radius 1 is 1.24 bits per heavy atom. The zero-order valence-electron chi connectivity index (χ0n) is 10.3. The van der Waals surface area contributed by atoms with Crippen molar-refractivity contribution in [1.82, 2.24) is 9.78 Å². The molecule has 2 aliphatic rings. The number of rotatable bonds is 2. The smallest absolute Gasteiger partial charge is 0.0850 e. The summed E-state index contributed by atoms with van der Waals surface area (Å²) in [6.45, 7) is 0. The van der Waals surface area contributed by atoms with Crippen molar-refractivity contribution < 1.29 is 0 Å². The van der Waals surface area contributed by atoms with Crippen LogP contribution in [0.2, 0.25) is 0 Å². The van der Waals surface area contributed by atoms with E-state index in [0.717, 1.165) is 18.5 Å². The van der Waals surface area contributed by atoms with Crippen molar-refractivity contribution in [3.8, 4) is 0 Å². The predicted molar refractivity (Wildman–Crippen MR) is 69.5 cm³/mol. The van der Waals surface area contributed by atoms with Crippen molar-refractivity contribution in [2.75, 3.05) is 0 Å². The Morgan fingerprint density at radius 2 is 2.00 bits per heavy atom. The molecule has 3 heteroatoms. The maximum atomic E-state index is 5.78. The van der Waals surface area contributed by atoms with Gasteiger partial charge in [-0.1, -0.05) is 24.8 Å². The van der Waals surface area contributed by atoms with E-state index in [1.165, 1.54) is 37.7 Å². The first-order valence-corrected chi connectivity index (χ1v) is 6.81. The van der Waals surface area contributed by atoms with Gasteiger partial charge in [0.15, 0.2) is 0 Å². The second-order valence-electron chi connectivity index (χ2n) is 5.48. The lowest BCUT2D eigenvalue weighted by Gasteiger charge is -2.24. The third kappa shape index (κ3) is 2.44. The molecule has 0 spiro atoms. The SMILES string of the molecule is NC1CC(=Cc2ccn(C3CCCCC3)n2)C1. The van der Waals surface area contributed by atoms with Gasteiger partial charge in [0.25, 0.3) is 0 Å². The second-order valence-corrected chi connectivity index (χ2v) is 5.48. The fraction of sp³-hybridized carbons (Fsp3) is 0.643. The number of nitrogens with zero attached hydrogens (tertiary/aromatic N) is 2. The average molecular weight is 231 g/mol. The summed E-state index contributed by atoms with van der Waals surface area (Å²) in [4.78, 5) is 0. The molecule has 0 radical (unpaired) electrons. The minimum absolute atomic E-state index is 0.390. The van der Waals surface area contributed by atoms with E-state index in [1.54, 1.807) is 0 Å². The molecule has 1 aromatic rings. The summed E-state index contributed by atoms with van der Waals surface area (Å²) in [6, 6.07) is 3.16. The number of hydrogen-bond donors (Lipinski definition) is 1. The Hall–Kier alpha value is -1.09. The van der Waals surface area contributed by atoms with Gasteiger partial charge in [-0.2, -0.15) is 5.10 Å². The zero-order chi connectivity index (χ0) is 11.7. The predicted octanol–water partition coefficient (Wildman–Crippen LogP) is 2.89. The van der Waals surface area contributed by atoms with E-state index >= 15 is 0 Å². The lowest BCUT2D eigenvalue weighted by Crippen LogP contribution is -2.29. The zero-order valence-corrected chi connectivity index (χ0v) is 10.3. The Kier molecular flexibility index (Phi) is 3.02. The number of nitrogens with two attached hydrogens (primary N) is 1. The summed E-state index contributed by atoms with van der Waals surface area (Å²) < 4.78 is 2.17. The summed E-state index contributed by atoms with van der Waals surface area (Å²) in [7, 11) is 0. The van der Waals surface area contributed by atoms with Gasteiger partial charge < -0.3 is 5.73 Å². The molecule has 2 N–H and O–H groups in total. The fourth-order valence-electron chi connectivity index (χ4n) is 2.92. The first-order chi connectivity index (χ1) is 8.31. The molecule has 0 amide bonds. The first-order valence-electron chi connectivity index (χ1n) is 6.81. The van der Waals surface area contributed by atoms with Crippen LogP contribution in [0.5, 0.6) is 0 Å². The van der Waals surface area contributed by atoms with E-state index in [-0.39, 0.29) is 0 Å². The van der Waals surface area contributed by atoms with E-state index < -0.39 is 0 Å². The minimum Gasteiger partial charge on any atom is -0.327 e. The third-order valence-corrected chi connectivity index (χ3v) is 3.98. The Labute approximate surface area is 103 Å². The van der Waals surface area contributed by atoms with Crippen molar-refractivity contribution in [2.45, 2.75) is 57.0 Å². The summed E-state index contributed by atoms with van der Waals surface area (Å²) in [5.74, 6) is 0. The van der Waals surface area contributed by atoms with Gasteiger partial charge in [0, 0.05) is 12.2 Å². The molecular formula is C14H21N3. The molecule has 1 heterocycles. The quantitative estimate of drug-likeness (QED) is 0.850. The second kappa shape index (κ2) is 4.65. The van der Waals surface area contributed by atoms with Gasteiger partial charge in [0.05, 0.1) is 11.7 Å². The highest BCUT2D eigenvalue weighted by molar-refractivity contribution is 5.50. The fourth-order valence-corrected chi connectivity index (χ4v) is 2.92. The van der Waals surface area contributed by atoms with Gasteiger partial charge in [-0.15, -0.1) is 0 Å². The molecule has 3 rings (SSSR count). The Bertz CT molecular complexity index is 405. The van der Waals surface area contributed by atoms with Crippen LogP contribution in [-0.2, 0) is 0 Å². The van der Waals surface area contributed by atoms with Gasteiger partial charge in [-0.25, -0.2) is 0 Å². The number of aromatic nitrogens is 2. The lowest BCUT2D eigenvalue weighted by molar-refractivity contribution is 0.329. The third-order valence-electron chi connectivity index (χ3n) is 3.98. The molecule has 0 saturated heterocycles. The summed E-state index contributed by atoms with van der Waals surface area (Å²) in [5, 5.41) is 4.68. The van der Waals surface area contributed by atoms with E-state index in [4.69, 9.17) is 5.73 Å². The largest absolute Gasteiger partial charge is 0.327 e. The van der Waals surface area contributed by atoms with Gasteiger partial charge >= 0.3 is 0 Å². The molecule has 2 fully saturated rings. The molecule has 0 bridgehead atoms. The summed E-state index contributed by atoms with van der Waals surface area (Å²) in [5.41, 5.74) is 8.34. The monoisotopic (exact) mass is 231 g/mol. The van der Waals surface area contributed by atoms with E-state index in [9.17, 15) is 0 Å². The van der Waals surface area contributed by atoms with Gasteiger partial charge in [0.1, 0.15) is 0 Å². The molecule has 0 unspecified atom stereocenters. The topological polar surface area (TPSA) is 43.8 Å². The molecule has 92 valence electrons. The highest BCUT2D eigenvalue weighted by atomic mass is 15.3. The van der Waals surface area contributed by atoms with Crippen LogP contribution in [0.4, 0.5) is 0 Å². The van der Waals surface area contributed by atoms with Crippen LogP contribution in [0, 0.1) is 0 Å². The van der Waals surface area contributed by atoms with Gasteiger partial charge in [-0.3, -0.25) is 4.68 Å². The maximum absolute atomic E-state index is 5.78. The Balaban J connectivity index is 1.67. The molecule has 0 aromatic carbocycles. The standard InChI is InChI=1S/C14H21N3/c15-12-8-11(9-12)10-13-6-7-17(16-13)14-4-2-1-3-5-14/h6-7,10,12,14H,1-5,8-9,15H2. The molecule has 1 aromatic heterocycles. The van der Waals surface area contributed by atoms with Crippen LogP contribution in [-0.4, -0.2) is 15.8 Å². The molecule has 0 atom stereocenters. The average Bonchev–Trinajstić information content (AvgIpc) is 2.77. The highest BCUT2D eigenvalue weighted by Crippen LogP contribution is 2.29. The summed E-state index contributed by atoms with van der Waals surface area (Å²) in [6.07, 6.45) is 13.2. The van der Waals surface area contributed by atoms with Crippen LogP contribution in [0.1, 0.15) is 56.7 Å². The lowest BCUT2D eigenvalue weighted by atomic mass is 9.86. The van der Waals surface area contributed by atoms with Crippen molar-refractivity contribution in [3.05, 3.63) is 23.5 Å². The van der Waals surface area contributed by atoms with Crippen molar-refractivity contribution >= 4 is 6.08 Å². The van der Waals surface area contributed by atoms with E-state index in [2.05, 4.69) is 28.1 Å². The van der Waals surface area contributed by atoms with Crippen molar-refractivity contribution in [2.24, 2.45) is 5.73 Å². The van der Waals surface area contributed by atoms with Gasteiger partial charge in [0.2, 0.25) is 0 Å². The molecule has 2 saturated carbocycles. The van der Waals surface area contributed by atoms with Crippen LogP contribution in [0.3, 0.4) is 0 Å². The number of hydrogen-bond acceptors (Lipinski definition) is 2. The molecule has 3 nitrogen and oxygen atoms in total. The minimum atomic E-state index is 0.390. The first kappa shape index (κ1) is 11.0. The van der Waals surface area contributed by atoms with Crippen LogP contribution in [0.25, 0.3) is 6.08 Å². The van der Waals surface area contributed by atoms with Crippen LogP contribution < -0.4 is 5.73 Å². The molecule has 17 heavy (non-hydrogen) atoms. The molecule has 0 aliphatic heterocycles. The maximum Gasteiger partial charge on any atom is 0.0850 e. The van der Waals surface area contributed by atoms with E-state index in [1.807, 2.05) is 0 Å².